The molecule has 4 rings (SSSR count). The first kappa shape index (κ1) is 26.9. The summed E-state index contributed by atoms with van der Waals surface area (Å²) in [7, 11) is 1.65. The van der Waals surface area contributed by atoms with Crippen LogP contribution in [-0.2, 0) is 11.8 Å². The van der Waals surface area contributed by atoms with Gasteiger partial charge in [0.15, 0.2) is 17.9 Å². The number of fused-ring (bicyclic) bond motifs is 3. The molecule has 36 heavy (non-hydrogen) atoms. The minimum atomic E-state index is -5.05. The number of rotatable bonds is 6. The largest absolute Gasteiger partial charge is 0.497 e. The van der Waals surface area contributed by atoms with Gasteiger partial charge in [0, 0.05) is 0 Å². The number of hydrogen-bond donors (Lipinski definition) is 0. The highest BCUT2D eigenvalue weighted by Gasteiger charge is 2.65. The third kappa shape index (κ3) is 4.59. The van der Waals surface area contributed by atoms with Crippen LogP contribution in [0, 0.1) is 11.6 Å². The van der Waals surface area contributed by atoms with Gasteiger partial charge in [-0.1, -0.05) is 6.07 Å². The summed E-state index contributed by atoms with van der Waals surface area (Å²) in [5.74, 6) is -12.3. The third-order valence-corrected chi connectivity index (χ3v) is 5.39. The zero-order chi connectivity index (χ0) is 26.7. The Hall–Kier alpha value is -3.69. The Morgan fingerprint density at radius 1 is 0.722 bits per heavy atom. The number of alkyl halides is 4. The second-order valence-corrected chi connectivity index (χ2v) is 7.50. The Morgan fingerprint density at radius 3 is 1.72 bits per heavy atom. The molecule has 10 heteroatoms. The van der Waals surface area contributed by atoms with Crippen molar-refractivity contribution in [2.24, 2.45) is 0 Å². The standard InChI is InChI=1S/C17H10F6O2.C9H12O2/c1-2-25-11-6-5-10-9-4-3-8(7-24)14(18)12(9)16(20,21)17(22,23)13(10)15(11)19;1-3-11-9-6-4-8(10-2)5-7-9/h3-7H,2H2,1H3;4-7H,3H2,1-2H3. The molecule has 0 bridgehead atoms. The molecule has 4 nitrogen and oxygen atoms in total. The predicted octanol–water partition coefficient (Wildman–Crippen LogP) is 7.13. The van der Waals surface area contributed by atoms with Gasteiger partial charge >= 0.3 is 11.8 Å². The molecule has 0 atom stereocenters. The molecule has 1 aliphatic carbocycles. The zero-order valence-electron chi connectivity index (χ0n) is 19.5. The summed E-state index contributed by atoms with van der Waals surface area (Å²) in [5, 5.41) is 0. The lowest BCUT2D eigenvalue weighted by atomic mass is 9.79. The Bertz CT molecular complexity index is 1240. The fraction of sp³-hybridized carbons (Fsp3) is 0.269. The van der Waals surface area contributed by atoms with Gasteiger partial charge in [0.2, 0.25) is 0 Å². The topological polar surface area (TPSA) is 44.8 Å². The molecule has 0 N–H and O–H groups in total. The summed E-state index contributed by atoms with van der Waals surface area (Å²) in [5.41, 5.74) is -5.16. The SMILES string of the molecule is CCOc1ccc(OC)cc1.CCOc1ccc2c(c1F)C(F)(F)C(F)(F)c1c-2ccc(C=O)c1F. The maximum absolute atomic E-state index is 14.4. The van der Waals surface area contributed by atoms with Crippen LogP contribution in [-0.4, -0.2) is 26.6 Å². The minimum Gasteiger partial charge on any atom is -0.497 e. The molecular formula is C26H22F6O4. The summed E-state index contributed by atoms with van der Waals surface area (Å²) in [4.78, 5) is 10.8. The first-order chi connectivity index (χ1) is 17.0. The van der Waals surface area contributed by atoms with Crippen LogP contribution < -0.4 is 14.2 Å². The van der Waals surface area contributed by atoms with E-state index in [1.165, 1.54) is 6.92 Å². The molecule has 3 aromatic rings. The van der Waals surface area contributed by atoms with E-state index >= 15 is 0 Å². The zero-order valence-corrected chi connectivity index (χ0v) is 19.5. The highest BCUT2D eigenvalue weighted by molar-refractivity contribution is 5.83. The molecule has 0 heterocycles. The number of methoxy groups -OCH3 is 1. The molecule has 0 fully saturated rings. The lowest BCUT2D eigenvalue weighted by molar-refractivity contribution is -0.227. The van der Waals surface area contributed by atoms with Crippen molar-refractivity contribution in [3.05, 3.63) is 76.9 Å². The molecule has 0 aromatic heterocycles. The molecule has 0 aliphatic heterocycles. The van der Waals surface area contributed by atoms with E-state index in [1.54, 1.807) is 7.11 Å². The second-order valence-electron chi connectivity index (χ2n) is 7.50. The maximum atomic E-state index is 14.4. The maximum Gasteiger partial charge on any atom is 0.343 e. The molecule has 0 amide bonds. The van der Waals surface area contributed by atoms with Gasteiger partial charge in [-0.25, -0.2) is 8.78 Å². The van der Waals surface area contributed by atoms with Crippen molar-refractivity contribution in [2.75, 3.05) is 20.3 Å². The normalized spacial score (nSPS) is 14.5. The van der Waals surface area contributed by atoms with Crippen molar-refractivity contribution < 1.29 is 45.3 Å². The number of benzene rings is 3. The van der Waals surface area contributed by atoms with Crippen molar-refractivity contribution in [3.63, 3.8) is 0 Å². The summed E-state index contributed by atoms with van der Waals surface area (Å²) in [6, 6.07) is 11.3. The predicted molar refractivity (Wildman–Crippen MR) is 120 cm³/mol. The van der Waals surface area contributed by atoms with E-state index in [0.29, 0.717) is 6.61 Å². The lowest BCUT2D eigenvalue weighted by Crippen LogP contribution is -2.41. The van der Waals surface area contributed by atoms with E-state index in [1.807, 2.05) is 31.2 Å². The van der Waals surface area contributed by atoms with Crippen LogP contribution in [0.25, 0.3) is 11.1 Å². The second kappa shape index (κ2) is 10.5. The third-order valence-electron chi connectivity index (χ3n) is 5.39. The highest BCUT2D eigenvalue weighted by Crippen LogP contribution is 2.59. The van der Waals surface area contributed by atoms with Gasteiger partial charge in [-0.05, 0) is 67.4 Å². The quantitative estimate of drug-likeness (QED) is 0.260. The average Bonchev–Trinajstić information content (AvgIpc) is 2.85. The van der Waals surface area contributed by atoms with Crippen LogP contribution in [0.5, 0.6) is 17.2 Å². The van der Waals surface area contributed by atoms with E-state index in [0.717, 1.165) is 35.8 Å². The van der Waals surface area contributed by atoms with Crippen molar-refractivity contribution in [1.82, 2.24) is 0 Å². The van der Waals surface area contributed by atoms with Crippen LogP contribution >= 0.6 is 0 Å². The molecule has 0 unspecified atom stereocenters. The van der Waals surface area contributed by atoms with Crippen molar-refractivity contribution in [3.8, 4) is 28.4 Å². The lowest BCUT2D eigenvalue weighted by Gasteiger charge is -2.35. The van der Waals surface area contributed by atoms with E-state index in [9.17, 15) is 31.1 Å². The van der Waals surface area contributed by atoms with Crippen LogP contribution in [0.2, 0.25) is 0 Å². The molecule has 0 saturated carbocycles. The summed E-state index contributed by atoms with van der Waals surface area (Å²) < 4.78 is 101. The number of carbonyl (C=O) groups is 1. The molecular weight excluding hydrogens is 490 g/mol. The van der Waals surface area contributed by atoms with Gasteiger partial charge < -0.3 is 14.2 Å². The number of carbonyl (C=O) groups excluding carboxylic acids is 1. The molecule has 192 valence electrons. The van der Waals surface area contributed by atoms with E-state index in [2.05, 4.69) is 0 Å². The number of ether oxygens (including phenoxy) is 3. The molecule has 0 spiro atoms. The summed E-state index contributed by atoms with van der Waals surface area (Å²) >= 11 is 0. The van der Waals surface area contributed by atoms with Gasteiger partial charge in [-0.15, -0.1) is 0 Å². The molecule has 0 radical (unpaired) electrons. The summed E-state index contributed by atoms with van der Waals surface area (Å²) in [6.07, 6.45) is -0.0574. The van der Waals surface area contributed by atoms with Crippen LogP contribution in [0.1, 0.15) is 35.3 Å². The van der Waals surface area contributed by atoms with E-state index < -0.39 is 57.0 Å². The van der Waals surface area contributed by atoms with Crippen molar-refractivity contribution in [2.45, 2.75) is 25.7 Å². The van der Waals surface area contributed by atoms with Gasteiger partial charge in [0.05, 0.1) is 37.0 Å². The number of halogens is 6. The Balaban J connectivity index is 0.000000275. The van der Waals surface area contributed by atoms with E-state index in [-0.39, 0.29) is 12.9 Å². The Morgan fingerprint density at radius 2 is 1.22 bits per heavy atom. The highest BCUT2D eigenvalue weighted by atomic mass is 19.3. The fourth-order valence-electron chi connectivity index (χ4n) is 3.72. The van der Waals surface area contributed by atoms with Crippen LogP contribution in [0.4, 0.5) is 26.3 Å². The first-order valence-electron chi connectivity index (χ1n) is 10.8. The molecule has 0 saturated heterocycles. The van der Waals surface area contributed by atoms with Crippen molar-refractivity contribution >= 4 is 6.29 Å². The minimum absolute atomic E-state index is 0.0574. The fourth-order valence-corrected chi connectivity index (χ4v) is 3.72. The van der Waals surface area contributed by atoms with Crippen LogP contribution in [0.15, 0.2) is 48.5 Å². The van der Waals surface area contributed by atoms with Crippen molar-refractivity contribution in [1.29, 1.82) is 0 Å². The van der Waals surface area contributed by atoms with Gasteiger partial charge in [-0.3, -0.25) is 4.79 Å². The Labute approximate surface area is 203 Å². The van der Waals surface area contributed by atoms with Gasteiger partial charge in [0.1, 0.15) is 17.3 Å². The average molecular weight is 512 g/mol. The smallest absolute Gasteiger partial charge is 0.343 e. The van der Waals surface area contributed by atoms with Crippen LogP contribution in [0.3, 0.4) is 0 Å². The Kier molecular flexibility index (Phi) is 7.86. The molecule has 1 aliphatic rings. The monoisotopic (exact) mass is 512 g/mol. The number of aldehydes is 1. The number of hydrogen-bond acceptors (Lipinski definition) is 4. The molecule has 3 aromatic carbocycles. The summed E-state index contributed by atoms with van der Waals surface area (Å²) in [6.45, 7) is 4.07. The van der Waals surface area contributed by atoms with E-state index in [4.69, 9.17) is 14.2 Å². The van der Waals surface area contributed by atoms with Gasteiger partial charge in [-0.2, -0.15) is 17.6 Å². The van der Waals surface area contributed by atoms with Gasteiger partial charge in [0.25, 0.3) is 0 Å². The first-order valence-corrected chi connectivity index (χ1v) is 10.8.